The number of amides is 1. The average molecular weight is 492 g/mol. The molecule has 0 saturated carbocycles. The summed E-state index contributed by atoms with van der Waals surface area (Å²) in [5.41, 5.74) is 3.21. The van der Waals surface area contributed by atoms with Crippen LogP contribution in [0.25, 0.3) is 0 Å². The van der Waals surface area contributed by atoms with E-state index in [-0.39, 0.29) is 4.90 Å². The largest absolute Gasteiger partial charge is 0.497 e. The minimum absolute atomic E-state index is 0.0198. The van der Waals surface area contributed by atoms with Gasteiger partial charge >= 0.3 is 0 Å². The van der Waals surface area contributed by atoms with Crippen molar-refractivity contribution in [3.63, 3.8) is 0 Å². The first-order chi connectivity index (χ1) is 15.3. The molecule has 0 aliphatic heterocycles. The molecule has 3 aromatic carbocycles. The molecule has 166 valence electrons. The molecule has 0 aromatic heterocycles. The Morgan fingerprint density at radius 1 is 1.06 bits per heavy atom. The fourth-order valence-corrected chi connectivity index (χ4v) is 4.61. The van der Waals surface area contributed by atoms with Gasteiger partial charge < -0.3 is 4.74 Å². The molecule has 3 rings (SSSR count). The Bertz CT molecular complexity index is 1220. The number of hydrogen-bond acceptors (Lipinski definition) is 5. The average Bonchev–Trinajstić information content (AvgIpc) is 2.79. The van der Waals surface area contributed by atoms with E-state index >= 15 is 0 Å². The number of carbonyl (C=O) groups is 1. The lowest BCUT2D eigenvalue weighted by Crippen LogP contribution is -2.39. The number of sulfonamides is 1. The number of anilines is 1. The molecule has 0 aliphatic rings. The predicted octanol–water partition coefficient (Wildman–Crippen LogP) is 4.35. The van der Waals surface area contributed by atoms with Gasteiger partial charge in [-0.25, -0.2) is 13.8 Å². The molecule has 0 bridgehead atoms. The second-order valence-electron chi connectivity index (χ2n) is 6.48. The summed E-state index contributed by atoms with van der Waals surface area (Å²) in [5.74, 6) is -0.115. The van der Waals surface area contributed by atoms with Crippen LogP contribution in [0.15, 0.2) is 82.8 Å². The molecule has 0 unspecified atom stereocenters. The van der Waals surface area contributed by atoms with Crippen LogP contribution in [0.4, 0.5) is 5.69 Å². The number of hydrogen-bond donors (Lipinski definition) is 1. The van der Waals surface area contributed by atoms with E-state index in [0.717, 1.165) is 4.31 Å². The summed E-state index contributed by atoms with van der Waals surface area (Å²) < 4.78 is 32.6. The van der Waals surface area contributed by atoms with Crippen LogP contribution in [0.2, 0.25) is 10.0 Å². The van der Waals surface area contributed by atoms with Crippen molar-refractivity contribution in [3.8, 4) is 5.75 Å². The fourth-order valence-electron chi connectivity index (χ4n) is 2.73. The molecular weight excluding hydrogens is 473 g/mol. The first-order valence-electron chi connectivity index (χ1n) is 9.30. The highest BCUT2D eigenvalue weighted by Gasteiger charge is 2.27. The van der Waals surface area contributed by atoms with E-state index < -0.39 is 22.5 Å². The minimum Gasteiger partial charge on any atom is -0.497 e. The van der Waals surface area contributed by atoms with Gasteiger partial charge in [0.25, 0.3) is 15.9 Å². The number of halogens is 2. The molecule has 10 heteroatoms. The van der Waals surface area contributed by atoms with E-state index in [1.54, 1.807) is 48.5 Å². The monoisotopic (exact) mass is 491 g/mol. The summed E-state index contributed by atoms with van der Waals surface area (Å²) in [4.78, 5) is 12.5. The zero-order valence-corrected chi connectivity index (χ0v) is 19.2. The Morgan fingerprint density at radius 2 is 1.75 bits per heavy atom. The maximum absolute atomic E-state index is 13.3. The number of para-hydroxylation sites is 1. The van der Waals surface area contributed by atoms with Crippen LogP contribution in [0, 0.1) is 0 Å². The number of rotatable bonds is 8. The van der Waals surface area contributed by atoms with E-state index in [2.05, 4.69) is 10.5 Å². The van der Waals surface area contributed by atoms with Crippen molar-refractivity contribution in [1.82, 2.24) is 5.43 Å². The predicted molar refractivity (Wildman–Crippen MR) is 126 cm³/mol. The molecule has 1 amide bonds. The number of carbonyl (C=O) groups excluding carboxylic acids is 1. The van der Waals surface area contributed by atoms with Gasteiger partial charge in [-0.3, -0.25) is 9.10 Å². The van der Waals surface area contributed by atoms with Gasteiger partial charge in [0.2, 0.25) is 0 Å². The van der Waals surface area contributed by atoms with Gasteiger partial charge in [0.1, 0.15) is 12.3 Å². The Labute approximate surface area is 196 Å². The third-order valence-corrected chi connectivity index (χ3v) is 6.68. The zero-order valence-electron chi connectivity index (χ0n) is 16.9. The molecule has 32 heavy (non-hydrogen) atoms. The molecule has 0 aliphatic carbocycles. The normalized spacial score (nSPS) is 11.3. The summed E-state index contributed by atoms with van der Waals surface area (Å²) in [6.45, 7) is -0.482. The Hall–Kier alpha value is -3.07. The van der Waals surface area contributed by atoms with Crippen molar-refractivity contribution in [2.24, 2.45) is 5.10 Å². The number of nitrogens with one attached hydrogen (secondary N) is 1. The summed E-state index contributed by atoms with van der Waals surface area (Å²) in [6.07, 6.45) is 1.35. The maximum Gasteiger partial charge on any atom is 0.264 e. The van der Waals surface area contributed by atoms with Crippen molar-refractivity contribution in [2.45, 2.75) is 4.90 Å². The number of methoxy groups -OCH3 is 1. The molecule has 0 atom stereocenters. The summed E-state index contributed by atoms with van der Waals surface area (Å²) >= 11 is 11.9. The quantitative estimate of drug-likeness (QED) is 0.374. The number of nitrogens with zero attached hydrogens (tertiary/aromatic N) is 2. The summed E-state index contributed by atoms with van der Waals surface area (Å²) in [6, 6.07) is 19.1. The maximum atomic E-state index is 13.3. The lowest BCUT2D eigenvalue weighted by atomic mass is 10.2. The lowest BCUT2D eigenvalue weighted by molar-refractivity contribution is -0.119. The van der Waals surface area contributed by atoms with E-state index in [0.29, 0.717) is 27.0 Å². The molecule has 0 fully saturated rings. The number of ether oxygens (including phenoxy) is 1. The van der Waals surface area contributed by atoms with Crippen LogP contribution in [0.3, 0.4) is 0 Å². The van der Waals surface area contributed by atoms with Crippen molar-refractivity contribution in [1.29, 1.82) is 0 Å². The number of hydrazone groups is 1. The Balaban J connectivity index is 1.81. The van der Waals surface area contributed by atoms with E-state index in [1.165, 1.54) is 37.6 Å². The molecule has 0 saturated heterocycles. The van der Waals surface area contributed by atoms with Crippen molar-refractivity contribution in [2.75, 3.05) is 18.0 Å². The van der Waals surface area contributed by atoms with Gasteiger partial charge in [-0.1, -0.05) is 47.5 Å². The van der Waals surface area contributed by atoms with Crippen LogP contribution in [-0.4, -0.2) is 34.2 Å². The highest BCUT2D eigenvalue weighted by molar-refractivity contribution is 7.92. The van der Waals surface area contributed by atoms with Crippen LogP contribution in [-0.2, 0) is 14.8 Å². The molecule has 0 spiro atoms. The van der Waals surface area contributed by atoms with Crippen molar-refractivity contribution in [3.05, 3.63) is 88.4 Å². The van der Waals surface area contributed by atoms with E-state index in [1.807, 2.05) is 0 Å². The standard InChI is InChI=1S/C22H19Cl2N3O4S/c1-31-19-9-11-20(12-10-19)32(29,30)27(18-5-3-2-4-6-18)15-22(28)26-25-14-16-7-8-17(23)13-21(16)24/h2-14H,15H2,1H3,(H,26,28)/b25-14+. The Morgan fingerprint density at radius 3 is 2.38 bits per heavy atom. The fraction of sp³-hybridized carbons (Fsp3) is 0.0909. The molecule has 1 N–H and O–H groups in total. The highest BCUT2D eigenvalue weighted by atomic mass is 35.5. The van der Waals surface area contributed by atoms with E-state index in [9.17, 15) is 13.2 Å². The SMILES string of the molecule is COc1ccc(S(=O)(=O)N(CC(=O)N/N=C/c2ccc(Cl)cc2Cl)c2ccccc2)cc1. The topological polar surface area (TPSA) is 88.1 Å². The van der Waals surface area contributed by atoms with Crippen LogP contribution in [0.5, 0.6) is 5.75 Å². The molecule has 7 nitrogen and oxygen atoms in total. The highest BCUT2D eigenvalue weighted by Crippen LogP contribution is 2.25. The molecule has 0 radical (unpaired) electrons. The van der Waals surface area contributed by atoms with Gasteiger partial charge in [-0.2, -0.15) is 5.10 Å². The van der Waals surface area contributed by atoms with Gasteiger partial charge in [-0.05, 0) is 48.5 Å². The summed E-state index contributed by atoms with van der Waals surface area (Å²) in [5, 5.41) is 4.70. The zero-order chi connectivity index (χ0) is 23.1. The third-order valence-electron chi connectivity index (χ3n) is 4.33. The van der Waals surface area contributed by atoms with Crippen molar-refractivity contribution < 1.29 is 17.9 Å². The van der Waals surface area contributed by atoms with Crippen LogP contribution < -0.4 is 14.5 Å². The summed E-state index contributed by atoms with van der Waals surface area (Å²) in [7, 11) is -2.55. The Kier molecular flexibility index (Phi) is 7.74. The smallest absolute Gasteiger partial charge is 0.264 e. The van der Waals surface area contributed by atoms with Crippen LogP contribution in [0.1, 0.15) is 5.56 Å². The van der Waals surface area contributed by atoms with Gasteiger partial charge in [-0.15, -0.1) is 0 Å². The van der Waals surface area contributed by atoms with Crippen LogP contribution >= 0.6 is 23.2 Å². The van der Waals surface area contributed by atoms with E-state index in [4.69, 9.17) is 27.9 Å². The second kappa shape index (κ2) is 10.5. The first kappa shape index (κ1) is 23.6. The number of benzene rings is 3. The third kappa shape index (κ3) is 5.79. The van der Waals surface area contributed by atoms with Gasteiger partial charge in [0.15, 0.2) is 0 Å². The van der Waals surface area contributed by atoms with Gasteiger partial charge in [0, 0.05) is 10.6 Å². The van der Waals surface area contributed by atoms with Gasteiger partial charge in [0.05, 0.1) is 28.9 Å². The van der Waals surface area contributed by atoms with Crippen molar-refractivity contribution >= 4 is 51.0 Å². The first-order valence-corrected chi connectivity index (χ1v) is 11.5. The lowest BCUT2D eigenvalue weighted by Gasteiger charge is -2.23. The molecule has 0 heterocycles. The molecule has 3 aromatic rings. The second-order valence-corrected chi connectivity index (χ2v) is 9.19. The molecular formula is C22H19Cl2N3O4S. The minimum atomic E-state index is -4.03.